The third kappa shape index (κ3) is 4.12. The number of rotatable bonds is 3. The molecule has 0 fully saturated rings. The molecular weight excluding hydrogens is 285 g/mol. The smallest absolute Gasteiger partial charge is 0.249 e. The molecule has 0 unspecified atom stereocenters. The van der Waals surface area contributed by atoms with Gasteiger partial charge in [0.15, 0.2) is 5.82 Å². The largest absolute Gasteiger partial charge is 0.306 e. The molecule has 2 aromatic rings. The molecule has 0 saturated carbocycles. The van der Waals surface area contributed by atoms with Gasteiger partial charge in [-0.2, -0.15) is 5.10 Å². The number of carbonyl (C=O) groups excluding carboxylic acids is 1. The van der Waals surface area contributed by atoms with Gasteiger partial charge >= 0.3 is 0 Å². The van der Waals surface area contributed by atoms with Crippen molar-refractivity contribution in [3.8, 4) is 0 Å². The van der Waals surface area contributed by atoms with Crippen LogP contribution in [0.2, 0.25) is 10.0 Å². The van der Waals surface area contributed by atoms with Crippen LogP contribution in [0, 0.1) is 6.92 Å². The van der Waals surface area contributed by atoms with Gasteiger partial charge in [0.1, 0.15) is 0 Å². The topological polar surface area (TPSA) is 57.8 Å². The van der Waals surface area contributed by atoms with Crippen LogP contribution in [-0.4, -0.2) is 16.1 Å². The molecule has 6 heteroatoms. The van der Waals surface area contributed by atoms with E-state index in [9.17, 15) is 4.79 Å². The van der Waals surface area contributed by atoms with E-state index in [0.717, 1.165) is 11.3 Å². The molecule has 2 rings (SSSR count). The first-order valence-electron chi connectivity index (χ1n) is 5.50. The SMILES string of the molecule is Cc1cc(NC(=O)C=Cc2cc(Cl)cc(Cl)c2)n[nH]1. The first kappa shape index (κ1) is 13.6. The highest BCUT2D eigenvalue weighted by Gasteiger charge is 2.01. The second-order valence-corrected chi connectivity index (χ2v) is 4.83. The lowest BCUT2D eigenvalue weighted by Gasteiger charge is -1.98. The predicted molar refractivity (Wildman–Crippen MR) is 77.5 cm³/mol. The zero-order chi connectivity index (χ0) is 13.8. The van der Waals surface area contributed by atoms with Crippen LogP contribution in [0.3, 0.4) is 0 Å². The Balaban J connectivity index is 2.03. The van der Waals surface area contributed by atoms with Gasteiger partial charge in [-0.1, -0.05) is 23.2 Å². The van der Waals surface area contributed by atoms with Crippen molar-refractivity contribution >= 4 is 41.0 Å². The quantitative estimate of drug-likeness (QED) is 0.849. The van der Waals surface area contributed by atoms with Gasteiger partial charge in [-0.05, 0) is 36.8 Å². The summed E-state index contributed by atoms with van der Waals surface area (Å²) in [6, 6.07) is 6.81. The van der Waals surface area contributed by atoms with Gasteiger partial charge in [-0.25, -0.2) is 0 Å². The summed E-state index contributed by atoms with van der Waals surface area (Å²) >= 11 is 11.7. The van der Waals surface area contributed by atoms with Crippen molar-refractivity contribution < 1.29 is 4.79 Å². The third-order valence-electron chi connectivity index (χ3n) is 2.27. The average molecular weight is 296 g/mol. The molecule has 2 N–H and O–H groups in total. The van der Waals surface area contributed by atoms with Crippen molar-refractivity contribution in [2.75, 3.05) is 5.32 Å². The minimum atomic E-state index is -0.275. The molecule has 4 nitrogen and oxygen atoms in total. The number of aryl methyl sites for hydroxylation is 1. The fourth-order valence-corrected chi connectivity index (χ4v) is 2.04. The first-order valence-corrected chi connectivity index (χ1v) is 6.26. The van der Waals surface area contributed by atoms with Gasteiger partial charge in [0, 0.05) is 27.9 Å². The van der Waals surface area contributed by atoms with E-state index in [1.54, 1.807) is 30.3 Å². The molecule has 1 aromatic heterocycles. The van der Waals surface area contributed by atoms with Gasteiger partial charge in [0.05, 0.1) is 0 Å². The molecule has 0 saturated heterocycles. The first-order chi connectivity index (χ1) is 9.02. The Hall–Kier alpha value is -1.78. The molecular formula is C13H11Cl2N3O. The minimum absolute atomic E-state index is 0.275. The zero-order valence-corrected chi connectivity index (χ0v) is 11.6. The lowest BCUT2D eigenvalue weighted by atomic mass is 10.2. The maximum absolute atomic E-state index is 11.6. The number of hydrogen-bond donors (Lipinski definition) is 2. The van der Waals surface area contributed by atoms with E-state index >= 15 is 0 Å². The predicted octanol–water partition coefficient (Wildman–Crippen LogP) is 3.68. The van der Waals surface area contributed by atoms with Gasteiger partial charge in [-0.15, -0.1) is 0 Å². The third-order valence-corrected chi connectivity index (χ3v) is 2.71. The summed E-state index contributed by atoms with van der Waals surface area (Å²) in [5, 5.41) is 10.3. The van der Waals surface area contributed by atoms with Crippen LogP contribution >= 0.6 is 23.2 Å². The van der Waals surface area contributed by atoms with Crippen molar-refractivity contribution in [1.82, 2.24) is 10.2 Å². The van der Waals surface area contributed by atoms with Crippen LogP contribution in [0.25, 0.3) is 6.08 Å². The summed E-state index contributed by atoms with van der Waals surface area (Å²) in [7, 11) is 0. The van der Waals surface area contributed by atoms with E-state index in [-0.39, 0.29) is 5.91 Å². The zero-order valence-electron chi connectivity index (χ0n) is 10.1. The molecule has 0 aliphatic carbocycles. The normalized spacial score (nSPS) is 10.9. The number of benzene rings is 1. The van der Waals surface area contributed by atoms with Crippen LogP contribution in [0.4, 0.5) is 5.82 Å². The molecule has 0 radical (unpaired) electrons. The van der Waals surface area contributed by atoms with Crippen LogP contribution < -0.4 is 5.32 Å². The van der Waals surface area contributed by atoms with Crippen LogP contribution in [0.5, 0.6) is 0 Å². The van der Waals surface area contributed by atoms with Gasteiger partial charge in [0.2, 0.25) is 5.91 Å². The number of anilines is 1. The number of nitrogens with one attached hydrogen (secondary N) is 2. The Morgan fingerprint density at radius 2 is 1.95 bits per heavy atom. The molecule has 1 amide bonds. The summed E-state index contributed by atoms with van der Waals surface area (Å²) in [5.74, 6) is 0.207. The molecule has 0 spiro atoms. The lowest BCUT2D eigenvalue weighted by Crippen LogP contribution is -2.07. The average Bonchev–Trinajstić information content (AvgIpc) is 2.71. The number of aromatic nitrogens is 2. The molecule has 1 heterocycles. The highest BCUT2D eigenvalue weighted by atomic mass is 35.5. The van der Waals surface area contributed by atoms with Crippen LogP contribution in [-0.2, 0) is 4.79 Å². The second-order valence-electron chi connectivity index (χ2n) is 3.96. The molecule has 19 heavy (non-hydrogen) atoms. The molecule has 98 valence electrons. The molecule has 0 atom stereocenters. The Labute approximate surface area is 120 Å². The second kappa shape index (κ2) is 5.91. The summed E-state index contributed by atoms with van der Waals surface area (Å²) < 4.78 is 0. The Kier molecular flexibility index (Phi) is 4.24. The van der Waals surface area contributed by atoms with E-state index in [1.807, 2.05) is 6.92 Å². The van der Waals surface area contributed by atoms with Crippen molar-refractivity contribution in [2.45, 2.75) is 6.92 Å². The van der Waals surface area contributed by atoms with E-state index < -0.39 is 0 Å². The van der Waals surface area contributed by atoms with Crippen molar-refractivity contribution in [1.29, 1.82) is 0 Å². The van der Waals surface area contributed by atoms with E-state index in [1.165, 1.54) is 6.08 Å². The number of H-pyrrole nitrogens is 1. The number of aromatic amines is 1. The number of halogens is 2. The lowest BCUT2D eigenvalue weighted by molar-refractivity contribution is -0.111. The van der Waals surface area contributed by atoms with Crippen LogP contribution in [0.15, 0.2) is 30.3 Å². The summed E-state index contributed by atoms with van der Waals surface area (Å²) in [6.45, 7) is 1.85. The Morgan fingerprint density at radius 3 is 2.53 bits per heavy atom. The minimum Gasteiger partial charge on any atom is -0.306 e. The number of carbonyl (C=O) groups is 1. The fraction of sp³-hybridized carbons (Fsp3) is 0.0769. The summed E-state index contributed by atoms with van der Waals surface area (Å²) in [6.07, 6.45) is 3.03. The maximum Gasteiger partial charge on any atom is 0.249 e. The molecule has 1 aromatic carbocycles. The Morgan fingerprint density at radius 1 is 1.26 bits per heavy atom. The van der Waals surface area contributed by atoms with E-state index in [0.29, 0.717) is 15.9 Å². The fourth-order valence-electron chi connectivity index (χ4n) is 1.49. The summed E-state index contributed by atoms with van der Waals surface area (Å²) in [5.41, 5.74) is 1.63. The van der Waals surface area contributed by atoms with Gasteiger partial charge < -0.3 is 5.32 Å². The number of nitrogens with zero attached hydrogens (tertiary/aromatic N) is 1. The number of hydrogen-bond acceptors (Lipinski definition) is 2. The van der Waals surface area contributed by atoms with Crippen LogP contribution in [0.1, 0.15) is 11.3 Å². The number of amides is 1. The highest BCUT2D eigenvalue weighted by Crippen LogP contribution is 2.19. The van der Waals surface area contributed by atoms with E-state index in [4.69, 9.17) is 23.2 Å². The monoisotopic (exact) mass is 295 g/mol. The van der Waals surface area contributed by atoms with Gasteiger partial charge in [0.25, 0.3) is 0 Å². The van der Waals surface area contributed by atoms with Crippen molar-refractivity contribution in [3.05, 3.63) is 51.6 Å². The highest BCUT2D eigenvalue weighted by molar-refractivity contribution is 6.34. The molecule has 0 bridgehead atoms. The summed E-state index contributed by atoms with van der Waals surface area (Å²) in [4.78, 5) is 11.6. The molecule has 0 aliphatic rings. The molecule has 0 aliphatic heterocycles. The standard InChI is InChI=1S/C13H11Cl2N3O/c1-8-4-12(18-17-8)16-13(19)3-2-9-5-10(14)7-11(15)6-9/h2-7H,1H3,(H2,16,17,18,19). The Bertz CT molecular complexity index is 614. The van der Waals surface area contributed by atoms with Crippen molar-refractivity contribution in [2.24, 2.45) is 0 Å². The van der Waals surface area contributed by atoms with E-state index in [2.05, 4.69) is 15.5 Å². The maximum atomic E-state index is 11.6. The van der Waals surface area contributed by atoms with Crippen molar-refractivity contribution in [3.63, 3.8) is 0 Å². The van der Waals surface area contributed by atoms with Gasteiger partial charge in [-0.3, -0.25) is 9.89 Å².